The summed E-state index contributed by atoms with van der Waals surface area (Å²) in [5.41, 5.74) is 1.43. The number of aryl methyl sites for hydroxylation is 2. The minimum absolute atomic E-state index is 0.112. The van der Waals surface area contributed by atoms with Crippen molar-refractivity contribution in [1.82, 2.24) is 4.98 Å². The number of thiazole rings is 1. The fourth-order valence-corrected chi connectivity index (χ4v) is 5.19. The Labute approximate surface area is 168 Å². The minimum atomic E-state index is -3.82. The molecule has 6 nitrogen and oxygen atoms in total. The van der Waals surface area contributed by atoms with Gasteiger partial charge in [-0.1, -0.05) is 24.3 Å². The Hall–Kier alpha value is -2.71. The number of sulfonamides is 1. The molecular formula is C20H21N3O3S2. The van der Waals surface area contributed by atoms with E-state index in [1.54, 1.807) is 56.4 Å². The van der Waals surface area contributed by atoms with E-state index in [1.807, 2.05) is 13.0 Å². The molecule has 2 aromatic carbocycles. The van der Waals surface area contributed by atoms with E-state index in [2.05, 4.69) is 10.3 Å². The van der Waals surface area contributed by atoms with Crippen molar-refractivity contribution in [3.8, 4) is 0 Å². The number of nitrogens with zero attached hydrogens (tertiary/aromatic N) is 2. The second kappa shape index (κ2) is 8.12. The van der Waals surface area contributed by atoms with E-state index in [0.29, 0.717) is 16.4 Å². The van der Waals surface area contributed by atoms with Gasteiger partial charge in [-0.2, -0.15) is 0 Å². The van der Waals surface area contributed by atoms with Gasteiger partial charge in [-0.05, 0) is 50.6 Å². The molecule has 0 spiro atoms. The number of amides is 1. The molecule has 146 valence electrons. The molecular weight excluding hydrogens is 394 g/mol. The SMILES string of the molecule is CCN(c1ccccc1)S(=O)(=O)c1cc(C(=O)Nc2ncc(C)s2)ccc1C. The van der Waals surface area contributed by atoms with Crippen LogP contribution >= 0.6 is 11.3 Å². The van der Waals surface area contributed by atoms with E-state index in [1.165, 1.54) is 21.7 Å². The molecule has 1 heterocycles. The highest BCUT2D eigenvalue weighted by Gasteiger charge is 2.26. The van der Waals surface area contributed by atoms with Crippen molar-refractivity contribution in [2.75, 3.05) is 16.2 Å². The average Bonchev–Trinajstić information content (AvgIpc) is 3.07. The lowest BCUT2D eigenvalue weighted by Gasteiger charge is -2.24. The third-order valence-electron chi connectivity index (χ3n) is 4.19. The van der Waals surface area contributed by atoms with Crippen molar-refractivity contribution in [2.24, 2.45) is 0 Å². The van der Waals surface area contributed by atoms with E-state index < -0.39 is 15.9 Å². The molecule has 0 bridgehead atoms. The van der Waals surface area contributed by atoms with Crippen LogP contribution in [0.15, 0.2) is 59.6 Å². The van der Waals surface area contributed by atoms with Crippen molar-refractivity contribution in [1.29, 1.82) is 0 Å². The average molecular weight is 416 g/mol. The van der Waals surface area contributed by atoms with Crippen LogP contribution in [0.4, 0.5) is 10.8 Å². The number of aromatic nitrogens is 1. The molecule has 1 aromatic heterocycles. The number of para-hydroxylation sites is 1. The van der Waals surface area contributed by atoms with E-state index in [0.717, 1.165) is 4.88 Å². The van der Waals surface area contributed by atoms with Crippen LogP contribution in [0.3, 0.4) is 0 Å². The summed E-state index contributed by atoms with van der Waals surface area (Å²) < 4.78 is 27.9. The van der Waals surface area contributed by atoms with Gasteiger partial charge in [0.2, 0.25) is 0 Å². The van der Waals surface area contributed by atoms with Gasteiger partial charge in [-0.25, -0.2) is 13.4 Å². The molecule has 0 aliphatic heterocycles. The number of hydrogen-bond acceptors (Lipinski definition) is 5. The standard InChI is InChI=1S/C20H21N3O3S2/c1-4-23(17-8-6-5-7-9-17)28(25,26)18-12-16(11-10-14(18)2)19(24)22-20-21-13-15(3)27-20/h5-13H,4H2,1-3H3,(H,21,22,24). The number of carbonyl (C=O) groups is 1. The van der Waals surface area contributed by atoms with Gasteiger partial charge in [0.05, 0.1) is 10.6 Å². The fraction of sp³-hybridized carbons (Fsp3) is 0.200. The Morgan fingerprint density at radius 3 is 2.46 bits per heavy atom. The maximum atomic E-state index is 13.3. The summed E-state index contributed by atoms with van der Waals surface area (Å²) in [7, 11) is -3.82. The van der Waals surface area contributed by atoms with Crippen molar-refractivity contribution in [3.05, 3.63) is 70.7 Å². The molecule has 3 rings (SSSR count). The number of benzene rings is 2. The molecule has 0 atom stereocenters. The zero-order valence-corrected chi connectivity index (χ0v) is 17.5. The number of carbonyl (C=O) groups excluding carboxylic acids is 1. The lowest BCUT2D eigenvalue weighted by atomic mass is 10.1. The largest absolute Gasteiger partial charge is 0.298 e. The number of rotatable bonds is 6. The van der Waals surface area contributed by atoms with Gasteiger partial charge in [0.15, 0.2) is 5.13 Å². The van der Waals surface area contributed by atoms with E-state index >= 15 is 0 Å². The predicted octanol–water partition coefficient (Wildman–Crippen LogP) is 4.23. The maximum absolute atomic E-state index is 13.3. The third-order valence-corrected chi connectivity index (χ3v) is 7.06. The minimum Gasteiger partial charge on any atom is -0.298 e. The van der Waals surface area contributed by atoms with Gasteiger partial charge in [-0.15, -0.1) is 11.3 Å². The van der Waals surface area contributed by atoms with E-state index in [-0.39, 0.29) is 17.0 Å². The van der Waals surface area contributed by atoms with Crippen LogP contribution in [0.25, 0.3) is 0 Å². The Morgan fingerprint density at radius 2 is 1.86 bits per heavy atom. The molecule has 28 heavy (non-hydrogen) atoms. The highest BCUT2D eigenvalue weighted by molar-refractivity contribution is 7.92. The van der Waals surface area contributed by atoms with Crippen LogP contribution in [0.1, 0.15) is 27.7 Å². The summed E-state index contributed by atoms with van der Waals surface area (Å²) >= 11 is 1.36. The molecule has 0 aliphatic rings. The van der Waals surface area contributed by atoms with Gasteiger partial charge in [0.1, 0.15) is 0 Å². The Bertz CT molecular complexity index is 1090. The van der Waals surface area contributed by atoms with Crippen LogP contribution in [0.2, 0.25) is 0 Å². The zero-order chi connectivity index (χ0) is 20.3. The van der Waals surface area contributed by atoms with Gasteiger partial charge in [0, 0.05) is 23.2 Å². The lowest BCUT2D eigenvalue weighted by molar-refractivity contribution is 0.102. The smallest absolute Gasteiger partial charge is 0.264 e. The highest BCUT2D eigenvalue weighted by atomic mass is 32.2. The Kier molecular flexibility index (Phi) is 5.81. The molecule has 3 aromatic rings. The Balaban J connectivity index is 1.97. The first-order chi connectivity index (χ1) is 13.3. The molecule has 0 saturated carbocycles. The van der Waals surface area contributed by atoms with Crippen molar-refractivity contribution >= 4 is 38.1 Å². The fourth-order valence-electron chi connectivity index (χ4n) is 2.81. The van der Waals surface area contributed by atoms with Crippen LogP contribution in [0.5, 0.6) is 0 Å². The summed E-state index contributed by atoms with van der Waals surface area (Å²) in [6.45, 7) is 5.67. The topological polar surface area (TPSA) is 79.4 Å². The summed E-state index contributed by atoms with van der Waals surface area (Å²) in [6, 6.07) is 13.6. The molecule has 0 aliphatic carbocycles. The summed E-state index contributed by atoms with van der Waals surface area (Å²) in [6.07, 6.45) is 1.67. The first kappa shape index (κ1) is 20.0. The van der Waals surface area contributed by atoms with Crippen LogP contribution in [0, 0.1) is 13.8 Å². The number of hydrogen-bond donors (Lipinski definition) is 1. The maximum Gasteiger partial charge on any atom is 0.264 e. The first-order valence-electron chi connectivity index (χ1n) is 8.75. The van der Waals surface area contributed by atoms with Crippen molar-refractivity contribution in [3.63, 3.8) is 0 Å². The van der Waals surface area contributed by atoms with E-state index in [9.17, 15) is 13.2 Å². The number of nitrogens with one attached hydrogen (secondary N) is 1. The molecule has 0 unspecified atom stereocenters. The van der Waals surface area contributed by atoms with Gasteiger partial charge in [0.25, 0.3) is 15.9 Å². The first-order valence-corrected chi connectivity index (χ1v) is 11.0. The van der Waals surface area contributed by atoms with Crippen LogP contribution in [-0.2, 0) is 10.0 Å². The van der Waals surface area contributed by atoms with Gasteiger partial charge >= 0.3 is 0 Å². The van der Waals surface area contributed by atoms with Gasteiger partial charge in [-0.3, -0.25) is 14.4 Å². The predicted molar refractivity (Wildman–Crippen MR) is 113 cm³/mol. The summed E-state index contributed by atoms with van der Waals surface area (Å²) in [5, 5.41) is 3.19. The quantitative estimate of drug-likeness (QED) is 0.653. The summed E-state index contributed by atoms with van der Waals surface area (Å²) in [5.74, 6) is -0.395. The zero-order valence-electron chi connectivity index (χ0n) is 15.8. The molecule has 0 radical (unpaired) electrons. The molecule has 0 fully saturated rings. The van der Waals surface area contributed by atoms with Gasteiger partial charge < -0.3 is 0 Å². The third kappa shape index (κ3) is 4.07. The highest BCUT2D eigenvalue weighted by Crippen LogP contribution is 2.27. The van der Waals surface area contributed by atoms with E-state index in [4.69, 9.17) is 0 Å². The van der Waals surface area contributed by atoms with Crippen molar-refractivity contribution in [2.45, 2.75) is 25.7 Å². The second-order valence-corrected chi connectivity index (χ2v) is 9.28. The van der Waals surface area contributed by atoms with Crippen LogP contribution in [-0.4, -0.2) is 25.9 Å². The van der Waals surface area contributed by atoms with Crippen LogP contribution < -0.4 is 9.62 Å². The number of anilines is 2. The normalized spacial score (nSPS) is 11.2. The molecule has 0 saturated heterocycles. The summed E-state index contributed by atoms with van der Waals surface area (Å²) in [4.78, 5) is 17.8. The second-order valence-electron chi connectivity index (χ2n) is 6.22. The molecule has 8 heteroatoms. The lowest BCUT2D eigenvalue weighted by Crippen LogP contribution is -2.31. The Morgan fingerprint density at radius 1 is 1.14 bits per heavy atom. The van der Waals surface area contributed by atoms with Crippen molar-refractivity contribution < 1.29 is 13.2 Å². The monoisotopic (exact) mass is 415 g/mol. The molecule has 1 N–H and O–H groups in total. The molecule has 1 amide bonds.